The number of imide groups is 1. The van der Waals surface area contributed by atoms with E-state index in [1.807, 2.05) is 20.8 Å². The number of hydrogen-bond donors (Lipinski definition) is 0. The van der Waals surface area contributed by atoms with Gasteiger partial charge in [0.1, 0.15) is 12.3 Å². The zero-order valence-electron chi connectivity index (χ0n) is 10.4. The van der Waals surface area contributed by atoms with E-state index in [0.29, 0.717) is 5.76 Å². The minimum Gasteiger partial charge on any atom is -0.359 e. The van der Waals surface area contributed by atoms with E-state index in [-0.39, 0.29) is 29.7 Å². The minimum absolute atomic E-state index is 0.0799. The lowest BCUT2D eigenvalue weighted by molar-refractivity contribution is -0.116. The van der Waals surface area contributed by atoms with Gasteiger partial charge in [-0.05, 0) is 0 Å². The van der Waals surface area contributed by atoms with Crippen molar-refractivity contribution in [3.8, 4) is 0 Å². The molecular weight excluding hydrogens is 222 g/mol. The molecule has 6 heteroatoms. The van der Waals surface area contributed by atoms with Crippen LogP contribution in [0.4, 0.5) is 10.6 Å². The number of aromatic nitrogens is 1. The summed E-state index contributed by atoms with van der Waals surface area (Å²) in [5, 5.41) is 3.78. The fourth-order valence-electron chi connectivity index (χ4n) is 1.57. The number of carbonyl (C=O) groups is 2. The van der Waals surface area contributed by atoms with Gasteiger partial charge in [0.05, 0.1) is 0 Å². The van der Waals surface area contributed by atoms with Crippen molar-refractivity contribution in [1.82, 2.24) is 10.1 Å². The summed E-state index contributed by atoms with van der Waals surface area (Å²) >= 11 is 0. The number of nitrogens with zero attached hydrogens (tertiary/aromatic N) is 3. The number of amides is 3. The Morgan fingerprint density at radius 1 is 1.35 bits per heavy atom. The van der Waals surface area contributed by atoms with Crippen LogP contribution in [0.15, 0.2) is 10.6 Å². The molecule has 0 spiro atoms. The maximum Gasteiger partial charge on any atom is 0.332 e. The van der Waals surface area contributed by atoms with Crippen LogP contribution in [0.25, 0.3) is 0 Å². The van der Waals surface area contributed by atoms with Crippen molar-refractivity contribution in [3.63, 3.8) is 0 Å². The molecule has 1 aliphatic heterocycles. The summed E-state index contributed by atoms with van der Waals surface area (Å²) in [6.07, 6.45) is 0. The molecule has 1 aliphatic rings. The molecule has 1 aromatic heterocycles. The Kier molecular flexibility index (Phi) is 2.45. The Morgan fingerprint density at radius 3 is 2.41 bits per heavy atom. The molecule has 92 valence electrons. The lowest BCUT2D eigenvalue weighted by atomic mass is 9.93. The van der Waals surface area contributed by atoms with Crippen LogP contribution in [0.3, 0.4) is 0 Å². The summed E-state index contributed by atoms with van der Waals surface area (Å²) in [5.41, 5.74) is -0.205. The first kappa shape index (κ1) is 11.6. The zero-order valence-corrected chi connectivity index (χ0v) is 10.4. The van der Waals surface area contributed by atoms with Crippen LogP contribution in [0.2, 0.25) is 0 Å². The van der Waals surface area contributed by atoms with E-state index in [2.05, 4.69) is 5.16 Å². The highest BCUT2D eigenvalue weighted by Crippen LogP contribution is 2.27. The Labute approximate surface area is 99.2 Å². The summed E-state index contributed by atoms with van der Waals surface area (Å²) in [4.78, 5) is 25.7. The number of carbonyl (C=O) groups excluding carboxylic acids is 2. The topological polar surface area (TPSA) is 66.7 Å². The highest BCUT2D eigenvalue weighted by atomic mass is 16.5. The number of anilines is 1. The van der Waals surface area contributed by atoms with Crippen LogP contribution in [0.1, 0.15) is 26.5 Å². The Balaban J connectivity index is 2.33. The van der Waals surface area contributed by atoms with E-state index >= 15 is 0 Å². The molecule has 0 radical (unpaired) electrons. The molecule has 3 amide bonds. The van der Waals surface area contributed by atoms with Gasteiger partial charge in [-0.3, -0.25) is 4.79 Å². The molecule has 6 nitrogen and oxygen atoms in total. The Hall–Kier alpha value is -1.85. The molecule has 1 aromatic rings. The van der Waals surface area contributed by atoms with Crippen molar-refractivity contribution < 1.29 is 14.1 Å². The van der Waals surface area contributed by atoms with Gasteiger partial charge in [-0.15, -0.1) is 0 Å². The fraction of sp³-hybridized carbons (Fsp3) is 0.545. The van der Waals surface area contributed by atoms with E-state index in [1.54, 1.807) is 13.1 Å². The molecule has 1 saturated heterocycles. The predicted octanol–water partition coefficient (Wildman–Crippen LogP) is 1.37. The Morgan fingerprint density at radius 2 is 2.00 bits per heavy atom. The maximum atomic E-state index is 11.7. The van der Waals surface area contributed by atoms with Gasteiger partial charge in [-0.25, -0.2) is 9.69 Å². The second kappa shape index (κ2) is 3.58. The van der Waals surface area contributed by atoms with E-state index in [4.69, 9.17) is 4.52 Å². The van der Waals surface area contributed by atoms with Crippen molar-refractivity contribution in [2.75, 3.05) is 18.5 Å². The third-order valence-corrected chi connectivity index (χ3v) is 2.61. The van der Waals surface area contributed by atoms with Crippen LogP contribution in [0.5, 0.6) is 0 Å². The van der Waals surface area contributed by atoms with Gasteiger partial charge in [-0.1, -0.05) is 25.9 Å². The number of hydrogen-bond acceptors (Lipinski definition) is 4. The molecule has 0 bridgehead atoms. The number of urea groups is 1. The summed E-state index contributed by atoms with van der Waals surface area (Å²) in [6, 6.07) is 1.26. The predicted molar refractivity (Wildman–Crippen MR) is 60.7 cm³/mol. The van der Waals surface area contributed by atoms with E-state index in [1.165, 1.54) is 4.90 Å². The van der Waals surface area contributed by atoms with E-state index in [9.17, 15) is 9.59 Å². The first-order valence-corrected chi connectivity index (χ1v) is 5.36. The summed E-state index contributed by atoms with van der Waals surface area (Å²) in [7, 11) is 1.57. The second-order valence-corrected chi connectivity index (χ2v) is 5.17. The van der Waals surface area contributed by atoms with Crippen LogP contribution in [0, 0.1) is 0 Å². The minimum atomic E-state index is -0.372. The average Bonchev–Trinajstić information content (AvgIpc) is 2.73. The molecule has 0 N–H and O–H groups in total. The molecular formula is C11H15N3O3. The zero-order chi connectivity index (χ0) is 12.8. The Bertz CT molecular complexity index is 473. The van der Waals surface area contributed by atoms with Crippen LogP contribution in [-0.4, -0.2) is 35.6 Å². The average molecular weight is 237 g/mol. The molecule has 17 heavy (non-hydrogen) atoms. The highest BCUT2D eigenvalue weighted by molar-refractivity contribution is 6.19. The molecule has 0 atom stereocenters. The second-order valence-electron chi connectivity index (χ2n) is 5.17. The molecule has 2 heterocycles. The van der Waals surface area contributed by atoms with Gasteiger partial charge in [0.2, 0.25) is 0 Å². The first-order valence-electron chi connectivity index (χ1n) is 5.36. The molecule has 0 aliphatic carbocycles. The van der Waals surface area contributed by atoms with Crippen molar-refractivity contribution >= 4 is 17.8 Å². The smallest absolute Gasteiger partial charge is 0.332 e. The normalized spacial score (nSPS) is 17.2. The maximum absolute atomic E-state index is 11.7. The highest BCUT2D eigenvalue weighted by Gasteiger charge is 2.37. The molecule has 0 unspecified atom stereocenters. The van der Waals surface area contributed by atoms with Crippen molar-refractivity contribution in [2.24, 2.45) is 0 Å². The SMILES string of the molecule is CN1CC(=O)N(c2cc(C(C)(C)C)on2)C1=O. The molecule has 2 rings (SSSR count). The molecule has 0 aromatic carbocycles. The number of likely N-dealkylation sites (N-methyl/N-ethyl adjacent to an activating group) is 1. The monoisotopic (exact) mass is 237 g/mol. The van der Waals surface area contributed by atoms with Gasteiger partial charge >= 0.3 is 6.03 Å². The quantitative estimate of drug-likeness (QED) is 0.692. The summed E-state index contributed by atoms with van der Waals surface area (Å²) in [5.74, 6) is 0.614. The van der Waals surface area contributed by atoms with Crippen molar-refractivity contribution in [1.29, 1.82) is 0 Å². The number of rotatable bonds is 1. The van der Waals surface area contributed by atoms with Crippen LogP contribution in [-0.2, 0) is 10.2 Å². The van der Waals surface area contributed by atoms with Gasteiger partial charge in [0.15, 0.2) is 5.82 Å². The largest absolute Gasteiger partial charge is 0.359 e. The van der Waals surface area contributed by atoms with Crippen molar-refractivity contribution in [3.05, 3.63) is 11.8 Å². The lowest BCUT2D eigenvalue weighted by Gasteiger charge is -2.12. The van der Waals surface area contributed by atoms with Crippen LogP contribution < -0.4 is 4.90 Å². The van der Waals surface area contributed by atoms with Gasteiger partial charge in [0.25, 0.3) is 5.91 Å². The third kappa shape index (κ3) is 1.90. The van der Waals surface area contributed by atoms with Crippen LogP contribution >= 0.6 is 0 Å². The standard InChI is InChI=1S/C11H15N3O3/c1-11(2,3)7-5-8(12-17-7)14-9(15)6-13(4)10(14)16/h5H,6H2,1-4H3. The third-order valence-electron chi connectivity index (χ3n) is 2.61. The van der Waals surface area contributed by atoms with E-state index in [0.717, 1.165) is 4.90 Å². The van der Waals surface area contributed by atoms with Gasteiger partial charge in [-0.2, -0.15) is 0 Å². The lowest BCUT2D eigenvalue weighted by Crippen LogP contribution is -2.31. The van der Waals surface area contributed by atoms with E-state index < -0.39 is 0 Å². The van der Waals surface area contributed by atoms with Gasteiger partial charge < -0.3 is 9.42 Å². The summed E-state index contributed by atoms with van der Waals surface area (Å²) in [6.45, 7) is 5.99. The fourth-order valence-corrected chi connectivity index (χ4v) is 1.57. The van der Waals surface area contributed by atoms with Crippen molar-refractivity contribution in [2.45, 2.75) is 26.2 Å². The molecule has 1 fully saturated rings. The molecule has 0 saturated carbocycles. The summed E-state index contributed by atoms with van der Waals surface area (Å²) < 4.78 is 5.16. The first-order chi connectivity index (χ1) is 7.80. The van der Waals surface area contributed by atoms with Gasteiger partial charge in [0, 0.05) is 18.5 Å².